The Kier molecular flexibility index (Phi) is 2.42. The predicted octanol–water partition coefficient (Wildman–Crippen LogP) is 2.96. The number of hydrogen-bond acceptors (Lipinski definition) is 3. The lowest BCUT2D eigenvalue weighted by molar-refractivity contribution is 0.663. The first kappa shape index (κ1) is 11.0. The molecule has 0 aliphatic rings. The largest absolute Gasteiger partial charge is 0.456 e. The van der Waals surface area contributed by atoms with Crippen LogP contribution in [0.25, 0.3) is 21.9 Å². The molecule has 4 heteroatoms. The topological polar surface area (TPSA) is 47.3 Å². The fraction of sp³-hybridized carbons (Fsp3) is 0. The van der Waals surface area contributed by atoms with Gasteiger partial charge in [-0.05, 0) is 30.3 Å². The first-order chi connectivity index (χ1) is 8.66. The van der Waals surface area contributed by atoms with E-state index in [1.165, 1.54) is 6.07 Å². The van der Waals surface area contributed by atoms with Gasteiger partial charge in [0.2, 0.25) is 10.9 Å². The zero-order valence-electron chi connectivity index (χ0n) is 9.14. The SMILES string of the molecule is O=c1c(=O)c2cc(Cl)ccc2oc2ccccc12. The summed E-state index contributed by atoms with van der Waals surface area (Å²) in [5.74, 6) is 0. The molecule has 0 N–H and O–H groups in total. The van der Waals surface area contributed by atoms with Crippen LogP contribution in [0.4, 0.5) is 0 Å². The van der Waals surface area contributed by atoms with Crippen LogP contribution in [0.5, 0.6) is 0 Å². The van der Waals surface area contributed by atoms with Crippen molar-refractivity contribution in [2.45, 2.75) is 0 Å². The summed E-state index contributed by atoms with van der Waals surface area (Å²) in [5, 5.41) is 0.864. The molecule has 2 aromatic carbocycles. The Morgan fingerprint density at radius 1 is 0.833 bits per heavy atom. The van der Waals surface area contributed by atoms with Gasteiger partial charge in [0.1, 0.15) is 11.2 Å². The second-order valence-electron chi connectivity index (χ2n) is 3.90. The van der Waals surface area contributed by atoms with E-state index in [-0.39, 0.29) is 10.8 Å². The summed E-state index contributed by atoms with van der Waals surface area (Å²) in [6, 6.07) is 11.3. The molecule has 3 nitrogen and oxygen atoms in total. The molecule has 0 spiro atoms. The Balaban J connectivity index is 2.73. The lowest BCUT2D eigenvalue weighted by Crippen LogP contribution is -2.20. The van der Waals surface area contributed by atoms with Crippen LogP contribution < -0.4 is 10.9 Å². The standard InChI is InChI=1S/C14H7ClO3/c15-8-5-6-12-10(7-8)14(17)13(16)9-3-1-2-4-11(9)18-12/h1-7H. The number of halogens is 1. The molecule has 0 radical (unpaired) electrons. The van der Waals surface area contributed by atoms with Crippen molar-refractivity contribution < 1.29 is 4.42 Å². The Labute approximate surface area is 106 Å². The maximum atomic E-state index is 12.1. The van der Waals surface area contributed by atoms with Crippen molar-refractivity contribution >= 4 is 33.5 Å². The molecular formula is C14H7ClO3. The smallest absolute Gasteiger partial charge is 0.237 e. The van der Waals surface area contributed by atoms with Gasteiger partial charge in [0.05, 0.1) is 10.8 Å². The molecular weight excluding hydrogens is 252 g/mol. The number of para-hydroxylation sites is 1. The van der Waals surface area contributed by atoms with Crippen LogP contribution in [0.15, 0.2) is 56.5 Å². The lowest BCUT2D eigenvalue weighted by Gasteiger charge is -1.92. The molecule has 1 heterocycles. The Morgan fingerprint density at radius 3 is 2.33 bits per heavy atom. The van der Waals surface area contributed by atoms with Crippen molar-refractivity contribution in [2.75, 3.05) is 0 Å². The third-order valence-electron chi connectivity index (χ3n) is 2.74. The second-order valence-corrected chi connectivity index (χ2v) is 4.33. The van der Waals surface area contributed by atoms with E-state index >= 15 is 0 Å². The summed E-state index contributed by atoms with van der Waals surface area (Å²) < 4.78 is 5.60. The van der Waals surface area contributed by atoms with Crippen molar-refractivity contribution in [1.82, 2.24) is 0 Å². The minimum absolute atomic E-state index is 0.198. The molecule has 0 aliphatic heterocycles. The van der Waals surface area contributed by atoms with Gasteiger partial charge >= 0.3 is 0 Å². The second kappa shape index (κ2) is 3.96. The highest BCUT2D eigenvalue weighted by atomic mass is 35.5. The molecule has 3 rings (SSSR count). The first-order valence-corrected chi connectivity index (χ1v) is 5.70. The van der Waals surface area contributed by atoms with Crippen LogP contribution in [0.1, 0.15) is 0 Å². The van der Waals surface area contributed by atoms with Crippen LogP contribution in [-0.4, -0.2) is 0 Å². The predicted molar refractivity (Wildman–Crippen MR) is 71.3 cm³/mol. The summed E-state index contributed by atoms with van der Waals surface area (Å²) in [5.41, 5.74) is -0.441. The third-order valence-corrected chi connectivity index (χ3v) is 2.98. The van der Waals surface area contributed by atoms with E-state index in [9.17, 15) is 9.59 Å². The summed E-state index contributed by atoms with van der Waals surface area (Å²) in [4.78, 5) is 24.1. The van der Waals surface area contributed by atoms with Crippen molar-refractivity contribution in [3.63, 3.8) is 0 Å². The molecule has 0 bridgehead atoms. The lowest BCUT2D eigenvalue weighted by atomic mass is 10.2. The van der Waals surface area contributed by atoms with E-state index in [4.69, 9.17) is 16.0 Å². The number of fused-ring (bicyclic) bond motifs is 2. The molecule has 0 aliphatic carbocycles. The van der Waals surface area contributed by atoms with Gasteiger partial charge in [0.15, 0.2) is 0 Å². The fourth-order valence-electron chi connectivity index (χ4n) is 1.87. The summed E-state index contributed by atoms with van der Waals surface area (Å²) in [7, 11) is 0. The van der Waals surface area contributed by atoms with Gasteiger partial charge in [-0.2, -0.15) is 0 Å². The third kappa shape index (κ3) is 1.60. The van der Waals surface area contributed by atoms with Gasteiger partial charge < -0.3 is 4.42 Å². The van der Waals surface area contributed by atoms with Crippen molar-refractivity contribution in [2.24, 2.45) is 0 Å². The van der Waals surface area contributed by atoms with Crippen LogP contribution >= 0.6 is 11.6 Å². The Bertz CT molecular complexity index is 881. The summed E-state index contributed by atoms with van der Waals surface area (Å²) >= 11 is 5.84. The molecule has 0 amide bonds. The van der Waals surface area contributed by atoms with E-state index in [1.54, 1.807) is 36.4 Å². The molecule has 0 unspecified atom stereocenters. The summed E-state index contributed by atoms with van der Waals surface area (Å²) in [6.45, 7) is 0. The van der Waals surface area contributed by atoms with Gasteiger partial charge in [-0.3, -0.25) is 9.59 Å². The number of rotatable bonds is 0. The molecule has 88 valence electrons. The van der Waals surface area contributed by atoms with E-state index < -0.39 is 10.9 Å². The average Bonchev–Trinajstić information content (AvgIpc) is 2.48. The van der Waals surface area contributed by atoms with Gasteiger partial charge in [-0.25, -0.2) is 0 Å². The van der Waals surface area contributed by atoms with E-state index in [0.717, 1.165) is 0 Å². The minimum Gasteiger partial charge on any atom is -0.456 e. The van der Waals surface area contributed by atoms with Gasteiger partial charge in [0, 0.05) is 5.02 Å². The number of benzene rings is 2. The monoisotopic (exact) mass is 258 g/mol. The Hall–Kier alpha value is -2.13. The first-order valence-electron chi connectivity index (χ1n) is 5.32. The van der Waals surface area contributed by atoms with Crippen LogP contribution in [0.3, 0.4) is 0 Å². The Morgan fingerprint density at radius 2 is 1.50 bits per heavy atom. The highest BCUT2D eigenvalue weighted by Gasteiger charge is 2.07. The van der Waals surface area contributed by atoms with Crippen LogP contribution in [-0.2, 0) is 0 Å². The quantitative estimate of drug-likeness (QED) is 0.583. The maximum absolute atomic E-state index is 12.1. The average molecular weight is 259 g/mol. The normalized spacial score (nSPS) is 10.9. The number of hydrogen-bond donors (Lipinski definition) is 0. The molecule has 0 fully saturated rings. The highest BCUT2D eigenvalue weighted by molar-refractivity contribution is 6.31. The van der Waals surface area contributed by atoms with Crippen molar-refractivity contribution in [3.8, 4) is 0 Å². The maximum Gasteiger partial charge on any atom is 0.237 e. The fourth-order valence-corrected chi connectivity index (χ4v) is 2.05. The van der Waals surface area contributed by atoms with Gasteiger partial charge in [0.25, 0.3) is 0 Å². The highest BCUT2D eigenvalue weighted by Crippen LogP contribution is 2.18. The van der Waals surface area contributed by atoms with Gasteiger partial charge in [-0.1, -0.05) is 23.7 Å². The summed E-state index contributed by atoms with van der Waals surface area (Å²) in [6.07, 6.45) is 0. The molecule has 0 saturated heterocycles. The minimum atomic E-state index is -0.600. The molecule has 0 saturated carbocycles. The molecule has 3 aromatic rings. The molecule has 18 heavy (non-hydrogen) atoms. The zero-order chi connectivity index (χ0) is 12.7. The zero-order valence-corrected chi connectivity index (χ0v) is 9.90. The van der Waals surface area contributed by atoms with Crippen molar-refractivity contribution in [3.05, 3.63) is 67.9 Å². The van der Waals surface area contributed by atoms with E-state index in [1.807, 2.05) is 0 Å². The van der Waals surface area contributed by atoms with Crippen LogP contribution in [0, 0.1) is 0 Å². The van der Waals surface area contributed by atoms with Crippen molar-refractivity contribution in [1.29, 1.82) is 0 Å². The molecule has 1 aromatic heterocycles. The van der Waals surface area contributed by atoms with E-state index in [0.29, 0.717) is 16.2 Å². The van der Waals surface area contributed by atoms with Crippen LogP contribution in [0.2, 0.25) is 5.02 Å². The van der Waals surface area contributed by atoms with E-state index in [2.05, 4.69) is 0 Å². The van der Waals surface area contributed by atoms with Gasteiger partial charge in [-0.15, -0.1) is 0 Å². The molecule has 0 atom stereocenters.